The van der Waals surface area contributed by atoms with Gasteiger partial charge in [-0.25, -0.2) is 0 Å². The molecule has 2 heterocycles. The van der Waals surface area contributed by atoms with E-state index in [1.165, 1.54) is 11.3 Å². The molecule has 0 aliphatic heterocycles. The number of nitrogens with one attached hydrogen (secondary N) is 2. The van der Waals surface area contributed by atoms with E-state index in [1.807, 2.05) is 6.92 Å². The molecule has 0 aliphatic rings. The van der Waals surface area contributed by atoms with Crippen molar-refractivity contribution in [3.63, 3.8) is 0 Å². The molecule has 3 aromatic rings. The first kappa shape index (κ1) is 15.1. The molecule has 0 saturated heterocycles. The molecule has 6 nitrogen and oxygen atoms in total. The number of aromatic nitrogens is 1. The van der Waals surface area contributed by atoms with Gasteiger partial charge in [0, 0.05) is 0 Å². The van der Waals surface area contributed by atoms with Crippen molar-refractivity contribution < 1.29 is 14.6 Å². The van der Waals surface area contributed by atoms with E-state index in [2.05, 4.69) is 10.3 Å². The number of benzene rings is 1. The molecule has 0 aliphatic carbocycles. The van der Waals surface area contributed by atoms with Crippen LogP contribution in [-0.4, -0.2) is 22.6 Å². The molecule has 118 valence electrons. The number of para-hydroxylation sites is 2. The summed E-state index contributed by atoms with van der Waals surface area (Å²) in [5.41, 5.74) is -0.0146. The molecule has 0 fully saturated rings. The van der Waals surface area contributed by atoms with Crippen LogP contribution in [0.2, 0.25) is 0 Å². The van der Waals surface area contributed by atoms with Gasteiger partial charge in [0.1, 0.15) is 11.3 Å². The van der Waals surface area contributed by atoms with Crippen molar-refractivity contribution >= 4 is 33.1 Å². The van der Waals surface area contributed by atoms with Gasteiger partial charge in [0.2, 0.25) is 0 Å². The lowest BCUT2D eigenvalue weighted by Crippen LogP contribution is -2.23. The summed E-state index contributed by atoms with van der Waals surface area (Å²) in [5, 5.41) is 14.6. The van der Waals surface area contributed by atoms with Crippen molar-refractivity contribution in [1.82, 2.24) is 4.98 Å². The van der Waals surface area contributed by atoms with Crippen molar-refractivity contribution in [3.8, 4) is 11.5 Å². The van der Waals surface area contributed by atoms with Gasteiger partial charge in [-0.2, -0.15) is 0 Å². The zero-order valence-corrected chi connectivity index (χ0v) is 13.1. The van der Waals surface area contributed by atoms with Crippen LogP contribution in [0.25, 0.3) is 10.2 Å². The molecular formula is C16H14N2O4S. The number of H-pyrrole nitrogens is 1. The first-order valence-corrected chi connectivity index (χ1v) is 7.85. The highest BCUT2D eigenvalue weighted by Crippen LogP contribution is 2.30. The van der Waals surface area contributed by atoms with Crippen molar-refractivity contribution in [2.75, 3.05) is 11.9 Å². The van der Waals surface area contributed by atoms with Crippen LogP contribution in [0.3, 0.4) is 0 Å². The van der Waals surface area contributed by atoms with Gasteiger partial charge < -0.3 is 20.1 Å². The fourth-order valence-electron chi connectivity index (χ4n) is 2.24. The first-order valence-electron chi connectivity index (χ1n) is 6.97. The highest BCUT2D eigenvalue weighted by Gasteiger charge is 2.20. The summed E-state index contributed by atoms with van der Waals surface area (Å²) in [4.78, 5) is 27.1. The second-order valence-corrected chi connectivity index (χ2v) is 5.64. The number of anilines is 1. The number of hydrogen-bond acceptors (Lipinski definition) is 5. The topological polar surface area (TPSA) is 91.4 Å². The summed E-state index contributed by atoms with van der Waals surface area (Å²) in [7, 11) is 0. The van der Waals surface area contributed by atoms with E-state index < -0.39 is 11.5 Å². The van der Waals surface area contributed by atoms with E-state index in [9.17, 15) is 14.7 Å². The van der Waals surface area contributed by atoms with Crippen LogP contribution >= 0.6 is 11.3 Å². The Kier molecular flexibility index (Phi) is 4.03. The number of hydrogen-bond donors (Lipinski definition) is 3. The smallest absolute Gasteiger partial charge is 0.265 e. The molecule has 2 aromatic heterocycles. The van der Waals surface area contributed by atoms with E-state index >= 15 is 0 Å². The number of aromatic hydroxyl groups is 1. The molecule has 0 unspecified atom stereocenters. The average Bonchev–Trinajstić information content (AvgIpc) is 2.98. The minimum absolute atomic E-state index is 0.314. The highest BCUT2D eigenvalue weighted by molar-refractivity contribution is 7.17. The van der Waals surface area contributed by atoms with Gasteiger partial charge in [-0.1, -0.05) is 12.1 Å². The lowest BCUT2D eigenvalue weighted by Gasteiger charge is -2.11. The summed E-state index contributed by atoms with van der Waals surface area (Å²) in [6.07, 6.45) is 0. The molecule has 1 aromatic carbocycles. The highest BCUT2D eigenvalue weighted by atomic mass is 32.1. The van der Waals surface area contributed by atoms with Gasteiger partial charge >= 0.3 is 0 Å². The average molecular weight is 330 g/mol. The number of rotatable bonds is 4. The number of carbonyl (C=O) groups excluding carboxylic acids is 1. The predicted octanol–water partition coefficient (Wildman–Crippen LogP) is 2.95. The third-order valence-electron chi connectivity index (χ3n) is 3.25. The third kappa shape index (κ3) is 2.78. The largest absolute Gasteiger partial charge is 0.505 e. The monoisotopic (exact) mass is 330 g/mol. The molecule has 0 spiro atoms. The fourth-order valence-corrected chi connectivity index (χ4v) is 3.04. The lowest BCUT2D eigenvalue weighted by atomic mass is 10.2. The second kappa shape index (κ2) is 6.13. The SMILES string of the molecule is CCOc1ccccc1NC(=O)c1c(O)c2sccc2[nH]c1=O. The second-order valence-electron chi connectivity index (χ2n) is 4.72. The van der Waals surface area contributed by atoms with Gasteiger partial charge in [-0.15, -0.1) is 11.3 Å². The van der Waals surface area contributed by atoms with Crippen LogP contribution in [-0.2, 0) is 0 Å². The Bertz CT molecular complexity index is 929. The molecule has 0 radical (unpaired) electrons. The Balaban J connectivity index is 2.00. The van der Waals surface area contributed by atoms with Crippen LogP contribution in [0.15, 0.2) is 40.5 Å². The molecule has 0 saturated carbocycles. The van der Waals surface area contributed by atoms with Crippen molar-refractivity contribution in [3.05, 3.63) is 51.6 Å². The number of amides is 1. The maximum absolute atomic E-state index is 12.4. The minimum Gasteiger partial charge on any atom is -0.505 e. The zero-order valence-electron chi connectivity index (χ0n) is 12.3. The van der Waals surface area contributed by atoms with Crippen LogP contribution < -0.4 is 15.6 Å². The number of ether oxygens (including phenoxy) is 1. The van der Waals surface area contributed by atoms with E-state index in [4.69, 9.17) is 4.74 Å². The van der Waals surface area contributed by atoms with Crippen LogP contribution in [0.5, 0.6) is 11.5 Å². The van der Waals surface area contributed by atoms with E-state index in [0.717, 1.165) is 0 Å². The van der Waals surface area contributed by atoms with E-state index in [0.29, 0.717) is 28.3 Å². The number of aromatic amines is 1. The predicted molar refractivity (Wildman–Crippen MR) is 89.7 cm³/mol. The lowest BCUT2D eigenvalue weighted by molar-refractivity contribution is 0.102. The molecule has 0 bridgehead atoms. The Morgan fingerprint density at radius 3 is 2.91 bits per heavy atom. The van der Waals surface area contributed by atoms with Crippen LogP contribution in [0, 0.1) is 0 Å². The van der Waals surface area contributed by atoms with E-state index in [1.54, 1.807) is 35.7 Å². The van der Waals surface area contributed by atoms with Crippen LogP contribution in [0.1, 0.15) is 17.3 Å². The first-order chi connectivity index (χ1) is 11.1. The van der Waals surface area contributed by atoms with Gasteiger partial charge in [0.15, 0.2) is 5.75 Å². The molecule has 3 rings (SSSR count). The van der Waals surface area contributed by atoms with E-state index in [-0.39, 0.29) is 11.3 Å². The quantitative estimate of drug-likeness (QED) is 0.686. The number of thiophene rings is 1. The standard InChI is InChI=1S/C16H14N2O4S/c1-2-22-11-6-4-3-5-9(11)17-15(20)12-13(19)14-10(7-8-23-14)18-16(12)21/h3-8H,2H2,1H3,(H,17,20)(H2,18,19,21). The third-order valence-corrected chi connectivity index (χ3v) is 4.18. The van der Waals surface area contributed by atoms with Gasteiger partial charge in [0.05, 0.1) is 22.5 Å². The molecule has 23 heavy (non-hydrogen) atoms. The minimum atomic E-state index is -0.689. The number of carbonyl (C=O) groups is 1. The Morgan fingerprint density at radius 1 is 1.35 bits per heavy atom. The normalized spacial score (nSPS) is 10.7. The summed E-state index contributed by atoms with van der Waals surface area (Å²) in [6.45, 7) is 2.28. The Morgan fingerprint density at radius 2 is 2.13 bits per heavy atom. The zero-order chi connectivity index (χ0) is 16.4. The summed E-state index contributed by atoms with van der Waals surface area (Å²) in [5.74, 6) is -0.507. The van der Waals surface area contributed by atoms with Gasteiger partial charge in [-0.3, -0.25) is 9.59 Å². The van der Waals surface area contributed by atoms with Crippen molar-refractivity contribution in [1.29, 1.82) is 0 Å². The van der Waals surface area contributed by atoms with Crippen molar-refractivity contribution in [2.45, 2.75) is 6.92 Å². The van der Waals surface area contributed by atoms with Gasteiger partial charge in [-0.05, 0) is 30.5 Å². The van der Waals surface area contributed by atoms with Gasteiger partial charge in [0.25, 0.3) is 11.5 Å². The fraction of sp³-hybridized carbons (Fsp3) is 0.125. The summed E-state index contributed by atoms with van der Waals surface area (Å²) < 4.78 is 5.90. The Hall–Kier alpha value is -2.80. The molecule has 0 atom stereocenters. The summed E-state index contributed by atoms with van der Waals surface area (Å²) >= 11 is 1.25. The van der Waals surface area contributed by atoms with Crippen LogP contribution in [0.4, 0.5) is 5.69 Å². The molecule has 7 heteroatoms. The number of fused-ring (bicyclic) bond motifs is 1. The molecule has 3 N–H and O–H groups in total. The maximum Gasteiger partial charge on any atom is 0.265 e. The molecule has 1 amide bonds. The summed E-state index contributed by atoms with van der Waals surface area (Å²) in [6, 6.07) is 8.57. The number of pyridine rings is 1. The Labute approximate surface area is 135 Å². The molecular weight excluding hydrogens is 316 g/mol. The maximum atomic E-state index is 12.4. The van der Waals surface area contributed by atoms with Crippen molar-refractivity contribution in [2.24, 2.45) is 0 Å².